The van der Waals surface area contributed by atoms with Crippen LogP contribution in [-0.4, -0.2) is 12.0 Å². The molecule has 0 aliphatic heterocycles. The van der Waals surface area contributed by atoms with Gasteiger partial charge in [-0.1, -0.05) is 0 Å². The van der Waals surface area contributed by atoms with E-state index in [4.69, 9.17) is 11.0 Å². The molecule has 0 aliphatic rings. The Kier molecular flexibility index (Phi) is 3.49. The molecule has 18 heavy (non-hydrogen) atoms. The summed E-state index contributed by atoms with van der Waals surface area (Å²) in [6.45, 7) is 2.79. The number of nitrogen functional groups attached to an aromatic ring is 1. The van der Waals surface area contributed by atoms with Crippen molar-refractivity contribution in [2.24, 2.45) is 0 Å². The van der Waals surface area contributed by atoms with Crippen LogP contribution in [0.1, 0.15) is 16.1 Å². The first kappa shape index (κ1) is 12.4. The van der Waals surface area contributed by atoms with Gasteiger partial charge in [0.1, 0.15) is 6.07 Å². The van der Waals surface area contributed by atoms with Crippen molar-refractivity contribution in [2.75, 3.05) is 17.7 Å². The summed E-state index contributed by atoms with van der Waals surface area (Å²) in [5.41, 5.74) is 10.6. The summed E-state index contributed by atoms with van der Waals surface area (Å²) in [6, 6.07) is 7.60. The summed E-state index contributed by atoms with van der Waals surface area (Å²) in [5.74, 6) is 0. The molecule has 2 rings (SSSR count). The van der Waals surface area contributed by atoms with Crippen molar-refractivity contribution in [1.82, 2.24) is 4.98 Å². The molecule has 2 aromatic rings. The fourth-order valence-corrected chi connectivity index (χ4v) is 2.49. The number of aryl methyl sites for hydroxylation is 1. The van der Waals surface area contributed by atoms with E-state index in [9.17, 15) is 0 Å². The van der Waals surface area contributed by atoms with Gasteiger partial charge in [-0.05, 0) is 25.1 Å². The Labute approximate surface area is 110 Å². The molecule has 0 atom stereocenters. The van der Waals surface area contributed by atoms with E-state index in [0.29, 0.717) is 11.3 Å². The second-order valence-electron chi connectivity index (χ2n) is 4.10. The van der Waals surface area contributed by atoms with Crippen LogP contribution in [0.25, 0.3) is 0 Å². The monoisotopic (exact) mass is 258 g/mol. The van der Waals surface area contributed by atoms with Crippen molar-refractivity contribution in [3.63, 3.8) is 0 Å². The van der Waals surface area contributed by atoms with Crippen molar-refractivity contribution < 1.29 is 0 Å². The number of hydrogen-bond donors (Lipinski definition) is 1. The zero-order valence-corrected chi connectivity index (χ0v) is 11.2. The molecule has 92 valence electrons. The quantitative estimate of drug-likeness (QED) is 0.859. The zero-order valence-electron chi connectivity index (χ0n) is 10.3. The van der Waals surface area contributed by atoms with Crippen molar-refractivity contribution in [1.29, 1.82) is 5.26 Å². The summed E-state index contributed by atoms with van der Waals surface area (Å²) < 4.78 is 0. The minimum atomic E-state index is 0.514. The van der Waals surface area contributed by atoms with Gasteiger partial charge in [-0.25, -0.2) is 4.98 Å². The van der Waals surface area contributed by atoms with Crippen LogP contribution >= 0.6 is 11.3 Å². The van der Waals surface area contributed by atoms with E-state index in [1.807, 2.05) is 31.6 Å². The number of anilines is 2. The number of nitriles is 1. The average Bonchev–Trinajstić information content (AvgIpc) is 2.75. The number of nitrogens with two attached hydrogens (primary N) is 1. The van der Waals surface area contributed by atoms with Gasteiger partial charge in [0.15, 0.2) is 0 Å². The molecule has 0 amide bonds. The highest BCUT2D eigenvalue weighted by molar-refractivity contribution is 7.09. The molecule has 0 spiro atoms. The fraction of sp³-hybridized carbons (Fsp3) is 0.231. The molecule has 0 unspecified atom stereocenters. The Balaban J connectivity index is 2.22. The highest BCUT2D eigenvalue weighted by atomic mass is 32.1. The van der Waals surface area contributed by atoms with Crippen LogP contribution in [0.2, 0.25) is 0 Å². The average molecular weight is 258 g/mol. The maximum absolute atomic E-state index is 8.97. The lowest BCUT2D eigenvalue weighted by Gasteiger charge is -2.19. The number of rotatable bonds is 3. The Bertz CT molecular complexity index is 597. The largest absolute Gasteiger partial charge is 0.398 e. The van der Waals surface area contributed by atoms with Gasteiger partial charge in [0.05, 0.1) is 23.3 Å². The minimum Gasteiger partial charge on any atom is -0.398 e. The number of hydrogen-bond acceptors (Lipinski definition) is 5. The van der Waals surface area contributed by atoms with Crippen molar-refractivity contribution >= 4 is 22.7 Å². The predicted octanol–water partition coefficient (Wildman–Crippen LogP) is 2.54. The smallest absolute Gasteiger partial charge is 0.101 e. The van der Waals surface area contributed by atoms with Gasteiger partial charge in [0.25, 0.3) is 0 Å². The van der Waals surface area contributed by atoms with E-state index in [0.717, 1.165) is 17.9 Å². The maximum atomic E-state index is 8.97. The van der Waals surface area contributed by atoms with Crippen LogP contribution < -0.4 is 10.6 Å². The van der Waals surface area contributed by atoms with Crippen molar-refractivity contribution in [3.8, 4) is 6.07 Å². The van der Waals surface area contributed by atoms with E-state index in [2.05, 4.69) is 16.0 Å². The van der Waals surface area contributed by atoms with E-state index >= 15 is 0 Å². The third-order valence-electron chi connectivity index (χ3n) is 2.82. The Morgan fingerprint density at radius 1 is 1.50 bits per heavy atom. The fourth-order valence-electron chi connectivity index (χ4n) is 1.66. The third-order valence-corrected chi connectivity index (χ3v) is 3.74. The number of benzene rings is 1. The topological polar surface area (TPSA) is 65.9 Å². The van der Waals surface area contributed by atoms with Crippen molar-refractivity contribution in [3.05, 3.63) is 39.8 Å². The summed E-state index contributed by atoms with van der Waals surface area (Å²) in [6.07, 6.45) is 0. The zero-order chi connectivity index (χ0) is 13.1. The Morgan fingerprint density at radius 2 is 2.28 bits per heavy atom. The lowest BCUT2D eigenvalue weighted by Crippen LogP contribution is -2.16. The molecular formula is C13H14N4S. The second kappa shape index (κ2) is 5.07. The van der Waals surface area contributed by atoms with Gasteiger partial charge in [-0.2, -0.15) is 5.26 Å². The van der Waals surface area contributed by atoms with Gasteiger partial charge >= 0.3 is 0 Å². The minimum absolute atomic E-state index is 0.514. The molecule has 1 aromatic carbocycles. The van der Waals surface area contributed by atoms with Gasteiger partial charge in [-0.15, -0.1) is 11.3 Å². The molecule has 2 N–H and O–H groups in total. The van der Waals surface area contributed by atoms with E-state index in [-0.39, 0.29) is 0 Å². The Hall–Kier alpha value is -2.06. The van der Waals surface area contributed by atoms with Crippen LogP contribution in [0.4, 0.5) is 11.4 Å². The number of thiazole rings is 1. The molecule has 0 bridgehead atoms. The van der Waals surface area contributed by atoms with E-state index in [1.165, 1.54) is 4.88 Å². The van der Waals surface area contributed by atoms with Gasteiger partial charge in [-0.3, -0.25) is 0 Å². The molecule has 0 saturated carbocycles. The van der Waals surface area contributed by atoms with Gasteiger partial charge in [0, 0.05) is 23.3 Å². The first-order valence-corrected chi connectivity index (χ1v) is 6.39. The molecule has 1 heterocycles. The molecule has 0 fully saturated rings. The van der Waals surface area contributed by atoms with Crippen LogP contribution in [0.3, 0.4) is 0 Å². The molecular weight excluding hydrogens is 244 g/mol. The maximum Gasteiger partial charge on any atom is 0.101 e. The predicted molar refractivity (Wildman–Crippen MR) is 74.5 cm³/mol. The number of nitrogens with zero attached hydrogens (tertiary/aromatic N) is 3. The van der Waals surface area contributed by atoms with Crippen LogP contribution in [0, 0.1) is 18.3 Å². The first-order chi connectivity index (χ1) is 8.61. The molecule has 0 radical (unpaired) electrons. The highest BCUT2D eigenvalue weighted by Gasteiger charge is 2.08. The van der Waals surface area contributed by atoms with Gasteiger partial charge < -0.3 is 10.6 Å². The Morgan fingerprint density at radius 3 is 2.89 bits per heavy atom. The van der Waals surface area contributed by atoms with E-state index < -0.39 is 0 Å². The van der Waals surface area contributed by atoms with Crippen molar-refractivity contribution in [2.45, 2.75) is 13.5 Å². The molecule has 1 aromatic heterocycles. The van der Waals surface area contributed by atoms with Crippen LogP contribution in [0.15, 0.2) is 23.7 Å². The molecule has 5 heteroatoms. The van der Waals surface area contributed by atoms with Crippen LogP contribution in [0.5, 0.6) is 0 Å². The molecule has 0 aliphatic carbocycles. The third kappa shape index (κ3) is 2.44. The van der Waals surface area contributed by atoms with Gasteiger partial charge in [0.2, 0.25) is 0 Å². The second-order valence-corrected chi connectivity index (χ2v) is 5.04. The normalized spacial score (nSPS) is 10.1. The SMILES string of the molecule is Cc1ncsc1CN(C)c1ccc(N)c(C#N)c1. The van der Waals surface area contributed by atoms with Crippen LogP contribution in [-0.2, 0) is 6.54 Å². The molecule has 0 saturated heterocycles. The first-order valence-electron chi connectivity index (χ1n) is 5.51. The number of aromatic nitrogens is 1. The molecule has 4 nitrogen and oxygen atoms in total. The highest BCUT2D eigenvalue weighted by Crippen LogP contribution is 2.23. The summed E-state index contributed by atoms with van der Waals surface area (Å²) in [4.78, 5) is 7.54. The summed E-state index contributed by atoms with van der Waals surface area (Å²) >= 11 is 1.64. The standard InChI is InChI=1S/C13H14N4S/c1-9-13(18-8-16-9)7-17(2)11-3-4-12(15)10(5-11)6-14/h3-5,8H,7,15H2,1-2H3. The lowest BCUT2D eigenvalue weighted by molar-refractivity contribution is 0.926. The summed E-state index contributed by atoms with van der Waals surface area (Å²) in [7, 11) is 1.99. The lowest BCUT2D eigenvalue weighted by atomic mass is 10.1. The van der Waals surface area contributed by atoms with E-state index in [1.54, 1.807) is 17.4 Å². The summed E-state index contributed by atoms with van der Waals surface area (Å²) in [5, 5.41) is 8.97.